The molecule has 1 saturated carbocycles. The Morgan fingerprint density at radius 2 is 2.06 bits per heavy atom. The number of esters is 1. The topological polar surface area (TPSA) is 49.8 Å². The minimum absolute atomic E-state index is 0.102. The van der Waals surface area contributed by atoms with Gasteiger partial charge in [-0.3, -0.25) is 4.79 Å². The maximum atomic E-state index is 11.2. The maximum absolute atomic E-state index is 11.2. The van der Waals surface area contributed by atoms with Crippen LogP contribution in [0, 0.1) is 0 Å². The van der Waals surface area contributed by atoms with Gasteiger partial charge in [0.25, 0.3) is 0 Å². The standard InChI is InChI=1S/C13H25NO3/c1-3-17-13(16)9-12(15)10-14(2)11-7-5-4-6-8-11/h11-12,15H,3-10H2,1-2H3. The van der Waals surface area contributed by atoms with Crippen LogP contribution in [-0.2, 0) is 9.53 Å². The molecule has 4 nitrogen and oxygen atoms in total. The van der Waals surface area contributed by atoms with Crippen LogP contribution in [0.2, 0.25) is 0 Å². The van der Waals surface area contributed by atoms with Crippen LogP contribution < -0.4 is 0 Å². The van der Waals surface area contributed by atoms with Crippen LogP contribution in [-0.4, -0.2) is 48.3 Å². The second kappa shape index (κ2) is 7.67. The molecule has 1 aliphatic rings. The molecule has 1 fully saturated rings. The first-order chi connectivity index (χ1) is 8.13. The molecule has 100 valence electrons. The van der Waals surface area contributed by atoms with Crippen LogP contribution in [0.5, 0.6) is 0 Å². The Balaban J connectivity index is 2.24. The average molecular weight is 243 g/mol. The van der Waals surface area contributed by atoms with Gasteiger partial charge >= 0.3 is 5.97 Å². The largest absolute Gasteiger partial charge is 0.466 e. The summed E-state index contributed by atoms with van der Waals surface area (Å²) in [7, 11) is 2.03. The SMILES string of the molecule is CCOC(=O)CC(O)CN(C)C1CCCCC1. The Morgan fingerprint density at radius 1 is 1.41 bits per heavy atom. The van der Waals surface area contributed by atoms with Gasteiger partial charge in [0.15, 0.2) is 0 Å². The second-order valence-electron chi connectivity index (χ2n) is 4.89. The summed E-state index contributed by atoms with van der Waals surface area (Å²) in [6, 6.07) is 0.570. The molecule has 1 N–H and O–H groups in total. The van der Waals surface area contributed by atoms with Gasteiger partial charge in [-0.2, -0.15) is 0 Å². The van der Waals surface area contributed by atoms with Gasteiger partial charge in [-0.15, -0.1) is 0 Å². The van der Waals surface area contributed by atoms with Crippen LogP contribution >= 0.6 is 0 Å². The molecule has 1 aliphatic carbocycles. The molecule has 0 radical (unpaired) electrons. The minimum atomic E-state index is -0.610. The monoisotopic (exact) mass is 243 g/mol. The number of ether oxygens (including phenoxy) is 1. The van der Waals surface area contributed by atoms with E-state index in [2.05, 4.69) is 4.90 Å². The molecule has 0 spiro atoms. The fourth-order valence-corrected chi connectivity index (χ4v) is 2.48. The third kappa shape index (κ3) is 5.50. The Labute approximate surface area is 104 Å². The number of hydrogen-bond donors (Lipinski definition) is 1. The lowest BCUT2D eigenvalue weighted by atomic mass is 9.94. The molecular formula is C13H25NO3. The van der Waals surface area contributed by atoms with E-state index in [1.165, 1.54) is 32.1 Å². The predicted molar refractivity (Wildman–Crippen MR) is 66.8 cm³/mol. The van der Waals surface area contributed by atoms with Gasteiger partial charge in [0.05, 0.1) is 19.1 Å². The lowest BCUT2D eigenvalue weighted by Gasteiger charge is -2.32. The van der Waals surface area contributed by atoms with Crippen LogP contribution in [0.4, 0.5) is 0 Å². The number of hydrogen-bond acceptors (Lipinski definition) is 4. The summed E-state index contributed by atoms with van der Waals surface area (Å²) in [5.74, 6) is -0.308. The third-order valence-corrected chi connectivity index (χ3v) is 3.40. The molecule has 1 unspecified atom stereocenters. The smallest absolute Gasteiger partial charge is 0.308 e. The van der Waals surface area contributed by atoms with Crippen molar-refractivity contribution in [3.05, 3.63) is 0 Å². The van der Waals surface area contributed by atoms with Crippen LogP contribution in [0.25, 0.3) is 0 Å². The maximum Gasteiger partial charge on any atom is 0.308 e. The molecule has 0 amide bonds. The Hall–Kier alpha value is -0.610. The van der Waals surface area contributed by atoms with Crippen molar-refractivity contribution in [3.8, 4) is 0 Å². The zero-order valence-corrected chi connectivity index (χ0v) is 11.0. The molecule has 0 bridgehead atoms. The normalized spacial score (nSPS) is 19.3. The second-order valence-corrected chi connectivity index (χ2v) is 4.89. The van der Waals surface area contributed by atoms with Gasteiger partial charge in [-0.25, -0.2) is 0 Å². The van der Waals surface area contributed by atoms with E-state index in [0.29, 0.717) is 19.2 Å². The Bertz CT molecular complexity index is 227. The molecule has 0 aromatic carbocycles. The summed E-state index contributed by atoms with van der Waals surface area (Å²) in [6.45, 7) is 2.71. The molecule has 1 atom stereocenters. The first-order valence-corrected chi connectivity index (χ1v) is 6.67. The number of likely N-dealkylation sites (N-methyl/N-ethyl adjacent to an activating group) is 1. The van der Waals surface area contributed by atoms with Crippen molar-refractivity contribution >= 4 is 5.97 Å². The van der Waals surface area contributed by atoms with Crippen molar-refractivity contribution in [2.45, 2.75) is 57.6 Å². The number of carbonyl (C=O) groups excluding carboxylic acids is 1. The van der Waals surface area contributed by atoms with E-state index in [0.717, 1.165) is 0 Å². The van der Waals surface area contributed by atoms with Crippen molar-refractivity contribution in [3.63, 3.8) is 0 Å². The van der Waals surface area contributed by atoms with Gasteiger partial charge in [-0.05, 0) is 26.8 Å². The first-order valence-electron chi connectivity index (χ1n) is 6.67. The highest BCUT2D eigenvalue weighted by Crippen LogP contribution is 2.21. The molecule has 1 rings (SSSR count). The number of aliphatic hydroxyl groups is 1. The van der Waals surface area contributed by atoms with E-state index in [9.17, 15) is 9.90 Å². The summed E-state index contributed by atoms with van der Waals surface area (Å²) in [5.41, 5.74) is 0. The highest BCUT2D eigenvalue weighted by atomic mass is 16.5. The fourth-order valence-electron chi connectivity index (χ4n) is 2.48. The molecule has 0 aromatic heterocycles. The van der Waals surface area contributed by atoms with E-state index in [4.69, 9.17) is 4.74 Å². The van der Waals surface area contributed by atoms with Crippen molar-refractivity contribution in [2.24, 2.45) is 0 Å². The highest BCUT2D eigenvalue weighted by molar-refractivity contribution is 5.69. The van der Waals surface area contributed by atoms with Crippen LogP contribution in [0.1, 0.15) is 45.4 Å². The van der Waals surface area contributed by atoms with Crippen molar-refractivity contribution in [1.82, 2.24) is 4.90 Å². The lowest BCUT2D eigenvalue weighted by molar-refractivity contribution is -0.145. The van der Waals surface area contributed by atoms with Gasteiger partial charge in [-0.1, -0.05) is 19.3 Å². The fraction of sp³-hybridized carbons (Fsp3) is 0.923. The quantitative estimate of drug-likeness (QED) is 0.719. The highest BCUT2D eigenvalue weighted by Gasteiger charge is 2.21. The Morgan fingerprint density at radius 3 is 2.65 bits per heavy atom. The van der Waals surface area contributed by atoms with Crippen LogP contribution in [0.15, 0.2) is 0 Å². The number of carbonyl (C=O) groups is 1. The Kier molecular flexibility index (Phi) is 6.52. The van der Waals surface area contributed by atoms with E-state index < -0.39 is 6.10 Å². The van der Waals surface area contributed by atoms with E-state index in [-0.39, 0.29) is 12.4 Å². The van der Waals surface area contributed by atoms with Gasteiger partial charge in [0.2, 0.25) is 0 Å². The molecule has 0 saturated heterocycles. The van der Waals surface area contributed by atoms with Gasteiger partial charge in [0.1, 0.15) is 0 Å². The molecule has 0 aliphatic heterocycles. The van der Waals surface area contributed by atoms with Crippen molar-refractivity contribution in [2.75, 3.05) is 20.2 Å². The van der Waals surface area contributed by atoms with Crippen molar-refractivity contribution in [1.29, 1.82) is 0 Å². The van der Waals surface area contributed by atoms with Gasteiger partial charge < -0.3 is 14.7 Å². The lowest BCUT2D eigenvalue weighted by Crippen LogP contribution is -2.39. The number of aliphatic hydroxyl groups excluding tert-OH is 1. The van der Waals surface area contributed by atoms with E-state index in [1.807, 2.05) is 7.05 Å². The third-order valence-electron chi connectivity index (χ3n) is 3.40. The van der Waals surface area contributed by atoms with E-state index in [1.54, 1.807) is 6.92 Å². The first kappa shape index (κ1) is 14.5. The van der Waals surface area contributed by atoms with Crippen LogP contribution in [0.3, 0.4) is 0 Å². The molecule has 17 heavy (non-hydrogen) atoms. The number of rotatable bonds is 6. The zero-order chi connectivity index (χ0) is 12.7. The molecular weight excluding hydrogens is 218 g/mol. The molecule has 0 aromatic rings. The predicted octanol–water partition coefficient (Wildman–Crippen LogP) is 1.56. The summed E-state index contributed by atoms with van der Waals surface area (Å²) in [4.78, 5) is 13.4. The van der Waals surface area contributed by atoms with Crippen molar-refractivity contribution < 1.29 is 14.6 Å². The van der Waals surface area contributed by atoms with E-state index >= 15 is 0 Å². The summed E-state index contributed by atoms with van der Waals surface area (Å²) in [5, 5.41) is 9.80. The molecule has 0 heterocycles. The zero-order valence-electron chi connectivity index (χ0n) is 11.0. The average Bonchev–Trinajstić information content (AvgIpc) is 2.30. The molecule has 4 heteroatoms. The summed E-state index contributed by atoms with van der Waals surface area (Å²) in [6.07, 6.45) is 5.80. The minimum Gasteiger partial charge on any atom is -0.466 e. The summed E-state index contributed by atoms with van der Waals surface area (Å²) >= 11 is 0. The number of nitrogens with zero attached hydrogens (tertiary/aromatic N) is 1. The summed E-state index contributed by atoms with van der Waals surface area (Å²) < 4.78 is 4.82. The van der Waals surface area contributed by atoms with Gasteiger partial charge in [0, 0.05) is 12.6 Å².